The summed E-state index contributed by atoms with van der Waals surface area (Å²) in [6.45, 7) is 0. The molecule has 0 saturated heterocycles. The highest BCUT2D eigenvalue weighted by atomic mass is 19.1. The molecule has 0 unspecified atom stereocenters. The van der Waals surface area contributed by atoms with Gasteiger partial charge < -0.3 is 15.6 Å². The molecule has 0 spiro atoms. The van der Waals surface area contributed by atoms with Gasteiger partial charge in [-0.25, -0.2) is 23.3 Å². The predicted octanol–water partition coefficient (Wildman–Crippen LogP) is -0.104. The summed E-state index contributed by atoms with van der Waals surface area (Å²) in [5.41, 5.74) is 6.63. The Morgan fingerprint density at radius 2 is 2.00 bits per heavy atom. The maximum atomic E-state index is 14.5. The quantitative estimate of drug-likeness (QED) is 0.478. The van der Waals surface area contributed by atoms with E-state index >= 15 is 0 Å². The number of aromatic nitrogens is 6. The number of nitrogens with one attached hydrogen (secondary N) is 1. The first-order chi connectivity index (χ1) is 13.4. The van der Waals surface area contributed by atoms with Crippen LogP contribution in [0, 0.1) is 11.6 Å². The Labute approximate surface area is 157 Å². The van der Waals surface area contributed by atoms with Crippen LogP contribution in [0.4, 0.5) is 20.3 Å². The van der Waals surface area contributed by atoms with Crippen molar-refractivity contribution in [3.05, 3.63) is 48.3 Å². The molecule has 3 N–H and O–H groups in total. The molecular formula is C16H13BF2N8O. The van der Waals surface area contributed by atoms with Crippen molar-refractivity contribution in [2.75, 3.05) is 11.1 Å². The number of carbonyl (C=O) groups excluding carboxylic acids is 1. The third-order valence-electron chi connectivity index (χ3n) is 4.21. The minimum absolute atomic E-state index is 0.0525. The number of anilines is 2. The molecule has 0 atom stereocenters. The van der Waals surface area contributed by atoms with Crippen molar-refractivity contribution in [2.24, 2.45) is 7.05 Å². The Balaban J connectivity index is 1.80. The van der Waals surface area contributed by atoms with Gasteiger partial charge in [0.2, 0.25) is 0 Å². The maximum Gasteiger partial charge on any atom is 0.263 e. The third-order valence-corrected chi connectivity index (χ3v) is 4.21. The summed E-state index contributed by atoms with van der Waals surface area (Å²) in [6, 6.07) is 0. The van der Waals surface area contributed by atoms with Gasteiger partial charge in [-0.15, -0.1) is 5.10 Å². The number of hydrogen-bond acceptors (Lipinski definition) is 6. The Kier molecular flexibility index (Phi) is 4.02. The second-order valence-corrected chi connectivity index (χ2v) is 6.09. The minimum Gasteiger partial charge on any atom is -0.381 e. The summed E-state index contributed by atoms with van der Waals surface area (Å²) in [7, 11) is 3.15. The van der Waals surface area contributed by atoms with Crippen molar-refractivity contribution in [2.45, 2.75) is 0 Å². The van der Waals surface area contributed by atoms with E-state index in [2.05, 4.69) is 25.4 Å². The molecule has 0 aromatic carbocycles. The third kappa shape index (κ3) is 2.75. The average molecular weight is 382 g/mol. The van der Waals surface area contributed by atoms with Crippen LogP contribution in [-0.4, -0.2) is 42.9 Å². The van der Waals surface area contributed by atoms with Crippen LogP contribution in [0.15, 0.2) is 31.1 Å². The summed E-state index contributed by atoms with van der Waals surface area (Å²) < 4.78 is 30.9. The Hall–Kier alpha value is -3.83. The molecule has 28 heavy (non-hydrogen) atoms. The van der Waals surface area contributed by atoms with E-state index < -0.39 is 17.5 Å². The number of hydrogen-bond donors (Lipinski definition) is 2. The summed E-state index contributed by atoms with van der Waals surface area (Å²) >= 11 is 0. The number of pyridine rings is 1. The van der Waals surface area contributed by atoms with Gasteiger partial charge in [0, 0.05) is 12.6 Å². The monoisotopic (exact) mass is 382 g/mol. The second kappa shape index (κ2) is 6.41. The highest BCUT2D eigenvalue weighted by Crippen LogP contribution is 2.30. The molecule has 0 saturated carbocycles. The highest BCUT2D eigenvalue weighted by Gasteiger charge is 2.23. The molecule has 4 aromatic heterocycles. The fraction of sp³-hybridized carbons (Fsp3) is 0.0625. The Morgan fingerprint density at radius 3 is 2.71 bits per heavy atom. The molecule has 0 aliphatic carbocycles. The standard InChI is InChI=1S/C16H13BF2N8O/c1-26-6-22-4-10(26)11-7(18)2-21-3-9(11)23-16(28)12-14(20)25-27-5-8(19)13(17)24-15(12)27/h2-6H,17H2,1H3,(H2,20,25)(H,23,28). The van der Waals surface area contributed by atoms with Crippen molar-refractivity contribution in [3.63, 3.8) is 0 Å². The number of halogens is 2. The molecule has 4 heterocycles. The predicted molar refractivity (Wildman–Crippen MR) is 99.9 cm³/mol. The van der Waals surface area contributed by atoms with Gasteiger partial charge in [0.05, 0.1) is 48.1 Å². The summed E-state index contributed by atoms with van der Waals surface area (Å²) in [5.74, 6) is -2.04. The van der Waals surface area contributed by atoms with Gasteiger partial charge in [-0.2, -0.15) is 0 Å². The first kappa shape index (κ1) is 17.6. The van der Waals surface area contributed by atoms with Crippen LogP contribution in [0.2, 0.25) is 0 Å². The number of fused-ring (bicyclic) bond motifs is 1. The van der Waals surface area contributed by atoms with Gasteiger partial charge in [-0.1, -0.05) is 0 Å². The fourth-order valence-corrected chi connectivity index (χ4v) is 2.84. The summed E-state index contributed by atoms with van der Waals surface area (Å²) in [5, 5.41) is 6.50. The van der Waals surface area contributed by atoms with E-state index in [0.717, 1.165) is 16.9 Å². The lowest BCUT2D eigenvalue weighted by Gasteiger charge is -2.11. The van der Waals surface area contributed by atoms with E-state index in [-0.39, 0.29) is 33.9 Å². The molecule has 0 aliphatic rings. The van der Waals surface area contributed by atoms with Crippen LogP contribution in [0.3, 0.4) is 0 Å². The zero-order valence-corrected chi connectivity index (χ0v) is 14.8. The molecule has 1 amide bonds. The fourth-order valence-electron chi connectivity index (χ4n) is 2.84. The number of imidazole rings is 1. The van der Waals surface area contributed by atoms with Gasteiger partial charge in [0.15, 0.2) is 30.9 Å². The van der Waals surface area contributed by atoms with Crippen LogP contribution < -0.4 is 16.6 Å². The molecule has 4 rings (SSSR count). The molecule has 0 fully saturated rings. The van der Waals surface area contributed by atoms with Gasteiger partial charge in [0.25, 0.3) is 5.91 Å². The van der Waals surface area contributed by atoms with Crippen molar-refractivity contribution >= 4 is 36.5 Å². The molecule has 140 valence electrons. The molecule has 12 heteroatoms. The molecular weight excluding hydrogens is 369 g/mol. The number of nitrogen functional groups attached to an aromatic ring is 1. The number of rotatable bonds is 3. The number of nitrogens with two attached hydrogens (primary N) is 1. The van der Waals surface area contributed by atoms with E-state index in [9.17, 15) is 13.6 Å². The van der Waals surface area contributed by atoms with Crippen LogP contribution in [-0.2, 0) is 7.05 Å². The van der Waals surface area contributed by atoms with Crippen molar-refractivity contribution in [3.8, 4) is 11.3 Å². The largest absolute Gasteiger partial charge is 0.381 e. The van der Waals surface area contributed by atoms with E-state index in [1.54, 1.807) is 11.6 Å². The van der Waals surface area contributed by atoms with Crippen LogP contribution in [0.25, 0.3) is 16.9 Å². The first-order valence-corrected chi connectivity index (χ1v) is 8.09. The number of amides is 1. The summed E-state index contributed by atoms with van der Waals surface area (Å²) in [4.78, 5) is 24.7. The van der Waals surface area contributed by atoms with Crippen LogP contribution in [0.1, 0.15) is 10.4 Å². The van der Waals surface area contributed by atoms with Crippen molar-refractivity contribution in [1.82, 2.24) is 29.1 Å². The number of nitrogens with zero attached hydrogens (tertiary/aromatic N) is 6. The zero-order valence-electron chi connectivity index (χ0n) is 14.8. The highest BCUT2D eigenvalue weighted by molar-refractivity contribution is 6.31. The normalized spacial score (nSPS) is 11.1. The maximum absolute atomic E-state index is 14.5. The first-order valence-electron chi connectivity index (χ1n) is 8.09. The minimum atomic E-state index is -0.679. The lowest BCUT2D eigenvalue weighted by Crippen LogP contribution is -2.19. The van der Waals surface area contributed by atoms with Gasteiger partial charge in [-0.3, -0.25) is 9.78 Å². The van der Waals surface area contributed by atoms with E-state index in [4.69, 9.17) is 5.73 Å². The van der Waals surface area contributed by atoms with E-state index in [1.807, 2.05) is 0 Å². The Bertz CT molecular complexity index is 1240. The molecule has 9 nitrogen and oxygen atoms in total. The molecule has 0 bridgehead atoms. The average Bonchev–Trinajstić information content (AvgIpc) is 3.18. The SMILES string of the molecule is Bc1nc2c(C(=O)Nc3cncc(F)c3-c3cncn3C)c(N)nn2cc1F. The van der Waals surface area contributed by atoms with Gasteiger partial charge in [0.1, 0.15) is 5.56 Å². The molecule has 0 aliphatic heterocycles. The van der Waals surface area contributed by atoms with E-state index in [0.29, 0.717) is 5.69 Å². The van der Waals surface area contributed by atoms with Gasteiger partial charge in [-0.05, 0) is 0 Å². The zero-order chi connectivity index (χ0) is 20.0. The second-order valence-electron chi connectivity index (χ2n) is 6.09. The lowest BCUT2D eigenvalue weighted by atomic mass is 10.0. The van der Waals surface area contributed by atoms with Crippen molar-refractivity contribution in [1.29, 1.82) is 0 Å². The number of aryl methyl sites for hydroxylation is 1. The summed E-state index contributed by atoms with van der Waals surface area (Å²) in [6.07, 6.45) is 6.39. The van der Waals surface area contributed by atoms with E-state index in [1.165, 1.54) is 26.6 Å². The molecule has 0 radical (unpaired) electrons. The Morgan fingerprint density at radius 1 is 1.21 bits per heavy atom. The molecule has 4 aromatic rings. The lowest BCUT2D eigenvalue weighted by molar-refractivity contribution is 0.102. The smallest absolute Gasteiger partial charge is 0.263 e. The topological polar surface area (TPSA) is 116 Å². The van der Waals surface area contributed by atoms with Gasteiger partial charge >= 0.3 is 0 Å². The van der Waals surface area contributed by atoms with Crippen LogP contribution >= 0.6 is 0 Å². The number of carbonyl (C=O) groups is 1. The van der Waals surface area contributed by atoms with Crippen molar-refractivity contribution < 1.29 is 13.6 Å². The van der Waals surface area contributed by atoms with Crippen LogP contribution in [0.5, 0.6) is 0 Å².